The van der Waals surface area contributed by atoms with Crippen LogP contribution in [0.2, 0.25) is 0 Å². The molecule has 0 amide bonds. The normalized spacial score (nSPS) is 4.29. The summed E-state index contributed by atoms with van der Waals surface area (Å²) in [5.41, 5.74) is 0. The molecule has 0 radical (unpaired) electrons. The molecule has 0 unspecified atom stereocenters. The van der Waals surface area contributed by atoms with E-state index in [0.717, 1.165) is 0 Å². The third-order valence-electron chi connectivity index (χ3n) is 0.408. The summed E-state index contributed by atoms with van der Waals surface area (Å²) < 4.78 is 0. The largest absolute Gasteiger partial charge is 1.00 e. The first-order valence-electron chi connectivity index (χ1n) is 1.69. The molecule has 0 saturated heterocycles. The molecule has 0 nitrogen and oxygen atoms in total. The van der Waals surface area contributed by atoms with Crippen LogP contribution in [0.1, 0.15) is 20.3 Å². The van der Waals surface area contributed by atoms with Crippen molar-refractivity contribution in [3.05, 3.63) is 6.42 Å². The van der Waals surface area contributed by atoms with Gasteiger partial charge < -0.3 is 18.8 Å². The van der Waals surface area contributed by atoms with Crippen molar-refractivity contribution in [1.82, 2.24) is 0 Å². The number of rotatable bonds is 1. The Morgan fingerprint density at radius 2 is 1.57 bits per heavy atom. The van der Waals surface area contributed by atoms with Gasteiger partial charge in [0.25, 0.3) is 0 Å². The van der Waals surface area contributed by atoms with Gasteiger partial charge in [0, 0.05) is 0 Å². The molecule has 0 saturated carbocycles. The number of halogens is 1. The molecule has 0 bridgehead atoms. The Bertz CT molecular complexity index is 13.7. The SMILES string of the molecule is C[CH-]CC.[Cl-].[Li+].[Na+]. The molecule has 0 spiro atoms. The maximum Gasteiger partial charge on any atom is 1.00 e. The van der Waals surface area contributed by atoms with E-state index in [2.05, 4.69) is 20.3 Å². The van der Waals surface area contributed by atoms with Gasteiger partial charge >= 0.3 is 48.4 Å². The van der Waals surface area contributed by atoms with E-state index in [1.165, 1.54) is 6.42 Å². The van der Waals surface area contributed by atoms with Crippen LogP contribution in [-0.4, -0.2) is 0 Å². The molecule has 0 aromatic rings. The molecule has 0 fully saturated rings. The molecular weight excluding hydrogens is 113 g/mol. The van der Waals surface area contributed by atoms with Gasteiger partial charge in [0.05, 0.1) is 0 Å². The van der Waals surface area contributed by atoms with E-state index >= 15 is 0 Å². The second-order valence-electron chi connectivity index (χ2n) is 0.816. The molecule has 0 aliphatic carbocycles. The summed E-state index contributed by atoms with van der Waals surface area (Å²) in [5, 5.41) is 0. The molecular formula is C4H9ClLiNa. The molecule has 0 aromatic carbocycles. The van der Waals surface area contributed by atoms with Gasteiger partial charge in [-0.3, -0.25) is 0 Å². The van der Waals surface area contributed by atoms with E-state index in [1.807, 2.05) is 0 Å². The summed E-state index contributed by atoms with van der Waals surface area (Å²) in [6.07, 6.45) is 3.32. The first-order valence-corrected chi connectivity index (χ1v) is 1.69. The maximum atomic E-state index is 2.12. The summed E-state index contributed by atoms with van der Waals surface area (Å²) in [7, 11) is 0. The van der Waals surface area contributed by atoms with E-state index in [9.17, 15) is 0 Å². The minimum Gasteiger partial charge on any atom is -1.00 e. The van der Waals surface area contributed by atoms with Gasteiger partial charge in [-0.25, -0.2) is 0 Å². The third kappa shape index (κ3) is 32.8. The fraction of sp³-hybridized carbons (Fsp3) is 0.750. The van der Waals surface area contributed by atoms with Crippen LogP contribution < -0.4 is 60.8 Å². The average Bonchev–Trinajstić information content (AvgIpc) is 1.37. The van der Waals surface area contributed by atoms with Gasteiger partial charge in [-0.2, -0.15) is 13.3 Å². The molecule has 0 aromatic heterocycles. The van der Waals surface area contributed by atoms with Crippen LogP contribution in [0, 0.1) is 6.42 Å². The Kier molecular flexibility index (Phi) is 81.9. The van der Waals surface area contributed by atoms with Gasteiger partial charge in [-0.15, -0.1) is 0 Å². The molecule has 0 aliphatic heterocycles. The standard InChI is InChI=1S/C4H9.ClH.Li.Na/c1-3-4-2;;;/h3H,4H2,1-2H3;1H;;/q-1;;2*+1/p-1. The van der Waals surface area contributed by atoms with E-state index in [1.54, 1.807) is 0 Å². The summed E-state index contributed by atoms with van der Waals surface area (Å²) >= 11 is 0. The van der Waals surface area contributed by atoms with Crippen molar-refractivity contribution in [3.63, 3.8) is 0 Å². The second kappa shape index (κ2) is 24.8. The zero-order valence-electron chi connectivity index (χ0n) is 5.66. The first kappa shape index (κ1) is 23.1. The minimum atomic E-state index is 0. The van der Waals surface area contributed by atoms with Gasteiger partial charge in [0.2, 0.25) is 0 Å². The Morgan fingerprint density at radius 1 is 1.43 bits per heavy atom. The van der Waals surface area contributed by atoms with E-state index in [-0.39, 0.29) is 60.8 Å². The van der Waals surface area contributed by atoms with E-state index in [0.29, 0.717) is 0 Å². The van der Waals surface area contributed by atoms with Crippen molar-refractivity contribution < 1.29 is 60.8 Å². The zero-order chi connectivity index (χ0) is 3.41. The van der Waals surface area contributed by atoms with Gasteiger partial charge in [0.1, 0.15) is 0 Å². The smallest absolute Gasteiger partial charge is 1.00 e. The predicted molar refractivity (Wildman–Crippen MR) is 20.3 cm³/mol. The number of hydrogen-bond acceptors (Lipinski definition) is 0. The van der Waals surface area contributed by atoms with Crippen molar-refractivity contribution in [2.75, 3.05) is 0 Å². The fourth-order valence-electron chi connectivity index (χ4n) is 0. The zero-order valence-corrected chi connectivity index (χ0v) is 8.42. The van der Waals surface area contributed by atoms with Crippen LogP contribution in [-0.2, 0) is 0 Å². The topological polar surface area (TPSA) is 0 Å². The molecule has 0 heterocycles. The minimum absolute atomic E-state index is 0. The molecule has 0 atom stereocenters. The predicted octanol–water partition coefficient (Wildman–Crippen LogP) is -7.37. The Hall–Kier alpha value is 1.89. The fourth-order valence-corrected chi connectivity index (χ4v) is 0. The van der Waals surface area contributed by atoms with Crippen molar-refractivity contribution in [2.24, 2.45) is 0 Å². The Morgan fingerprint density at radius 3 is 1.57 bits per heavy atom. The molecule has 3 heteroatoms. The molecule has 7 heavy (non-hydrogen) atoms. The van der Waals surface area contributed by atoms with Crippen LogP contribution in [0.15, 0.2) is 0 Å². The average molecular weight is 122 g/mol. The molecule has 34 valence electrons. The van der Waals surface area contributed by atoms with Crippen LogP contribution in [0.3, 0.4) is 0 Å². The summed E-state index contributed by atoms with van der Waals surface area (Å²) in [5.74, 6) is 0. The van der Waals surface area contributed by atoms with Gasteiger partial charge in [-0.05, 0) is 0 Å². The van der Waals surface area contributed by atoms with Crippen molar-refractivity contribution in [2.45, 2.75) is 20.3 Å². The summed E-state index contributed by atoms with van der Waals surface area (Å²) in [6.45, 7) is 4.18. The Labute approximate surface area is 86.7 Å². The molecule has 0 N–H and O–H groups in total. The molecule has 0 rings (SSSR count). The van der Waals surface area contributed by atoms with Crippen LogP contribution in [0.5, 0.6) is 0 Å². The van der Waals surface area contributed by atoms with Gasteiger partial charge in [0.15, 0.2) is 0 Å². The molecule has 0 aliphatic rings. The monoisotopic (exact) mass is 122 g/mol. The van der Waals surface area contributed by atoms with E-state index in [4.69, 9.17) is 0 Å². The number of hydrogen-bond donors (Lipinski definition) is 0. The van der Waals surface area contributed by atoms with Crippen LogP contribution in [0.25, 0.3) is 0 Å². The number of unbranched alkanes of at least 4 members (excludes halogenated alkanes) is 1. The quantitative estimate of drug-likeness (QED) is 0.240. The maximum absolute atomic E-state index is 2.12. The van der Waals surface area contributed by atoms with E-state index < -0.39 is 0 Å². The summed E-state index contributed by atoms with van der Waals surface area (Å²) in [4.78, 5) is 0. The van der Waals surface area contributed by atoms with Crippen LogP contribution in [0.4, 0.5) is 0 Å². The van der Waals surface area contributed by atoms with Gasteiger partial charge in [-0.1, -0.05) is 6.92 Å². The van der Waals surface area contributed by atoms with Crippen molar-refractivity contribution >= 4 is 0 Å². The van der Waals surface area contributed by atoms with Crippen molar-refractivity contribution in [1.29, 1.82) is 0 Å². The Balaban J connectivity index is -0.0000000150. The third-order valence-corrected chi connectivity index (χ3v) is 0.408. The first-order chi connectivity index (χ1) is 1.91. The van der Waals surface area contributed by atoms with Crippen molar-refractivity contribution in [3.8, 4) is 0 Å². The second-order valence-corrected chi connectivity index (χ2v) is 0.816. The summed E-state index contributed by atoms with van der Waals surface area (Å²) in [6, 6.07) is 0. The van der Waals surface area contributed by atoms with Crippen LogP contribution >= 0.6 is 0 Å².